The number of aromatic nitrogens is 1. The lowest BCUT2D eigenvalue weighted by Crippen LogP contribution is -2.26. The molecule has 0 aliphatic heterocycles. The van der Waals surface area contributed by atoms with Crippen LogP contribution in [-0.4, -0.2) is 17.9 Å². The fraction of sp³-hybridized carbons (Fsp3) is 0.100. The van der Waals surface area contributed by atoms with Gasteiger partial charge in [0.15, 0.2) is 0 Å². The lowest BCUT2D eigenvalue weighted by molar-refractivity contribution is 0.0988. The molecule has 0 saturated carbocycles. The van der Waals surface area contributed by atoms with Gasteiger partial charge in [0.05, 0.1) is 11.9 Å². The van der Waals surface area contributed by atoms with Gasteiger partial charge in [-0.2, -0.15) is 0 Å². The Morgan fingerprint density at radius 2 is 1.84 bits per heavy atom. The van der Waals surface area contributed by atoms with Crippen molar-refractivity contribution in [3.05, 3.63) is 82.6 Å². The number of aryl methyl sites for hydroxylation is 1. The van der Waals surface area contributed by atoms with Crippen LogP contribution in [0.3, 0.4) is 0 Å². The fourth-order valence-electron chi connectivity index (χ4n) is 2.46. The van der Waals surface area contributed by atoms with E-state index in [4.69, 9.17) is 0 Å². The highest BCUT2D eigenvalue weighted by molar-refractivity contribution is 9.10. The summed E-state index contributed by atoms with van der Waals surface area (Å²) in [5.41, 5.74) is 4.21. The third-order valence-electron chi connectivity index (χ3n) is 3.90. The van der Waals surface area contributed by atoms with Crippen molar-refractivity contribution >= 4 is 38.9 Å². The first-order valence-electron chi connectivity index (χ1n) is 7.87. The zero-order chi connectivity index (χ0) is 17.8. The van der Waals surface area contributed by atoms with Gasteiger partial charge in [0.2, 0.25) is 0 Å². The Morgan fingerprint density at radius 3 is 2.48 bits per heavy atom. The second kappa shape index (κ2) is 7.49. The van der Waals surface area contributed by atoms with Crippen LogP contribution in [0.4, 0.5) is 17.1 Å². The number of anilines is 3. The van der Waals surface area contributed by atoms with E-state index in [0.717, 1.165) is 27.1 Å². The highest BCUT2D eigenvalue weighted by Gasteiger charge is 2.14. The molecule has 4 nitrogen and oxygen atoms in total. The highest BCUT2D eigenvalue weighted by atomic mass is 79.9. The lowest BCUT2D eigenvalue weighted by atomic mass is 10.2. The van der Waals surface area contributed by atoms with E-state index in [1.165, 1.54) is 0 Å². The van der Waals surface area contributed by atoms with Crippen molar-refractivity contribution in [2.45, 2.75) is 6.92 Å². The van der Waals surface area contributed by atoms with Gasteiger partial charge in [-0.15, -0.1) is 0 Å². The van der Waals surface area contributed by atoms with Crippen LogP contribution in [0.15, 0.2) is 71.3 Å². The monoisotopic (exact) mass is 395 g/mol. The molecular formula is C20H18BrN3O. The van der Waals surface area contributed by atoms with Crippen LogP contribution < -0.4 is 10.2 Å². The molecule has 0 unspecified atom stereocenters. The van der Waals surface area contributed by atoms with Crippen LogP contribution in [0.5, 0.6) is 0 Å². The van der Waals surface area contributed by atoms with Crippen LogP contribution in [0.2, 0.25) is 0 Å². The molecule has 0 aliphatic rings. The van der Waals surface area contributed by atoms with Gasteiger partial charge >= 0.3 is 0 Å². The van der Waals surface area contributed by atoms with Crippen molar-refractivity contribution in [1.29, 1.82) is 0 Å². The van der Waals surface area contributed by atoms with Gasteiger partial charge in [-0.05, 0) is 55.0 Å². The third kappa shape index (κ3) is 4.06. The number of nitrogens with one attached hydrogen (secondary N) is 1. The maximum absolute atomic E-state index is 12.5. The zero-order valence-electron chi connectivity index (χ0n) is 14.0. The second-order valence-electron chi connectivity index (χ2n) is 5.72. The molecule has 25 heavy (non-hydrogen) atoms. The molecule has 2 aromatic carbocycles. The van der Waals surface area contributed by atoms with Crippen molar-refractivity contribution in [2.75, 3.05) is 17.3 Å². The number of carbonyl (C=O) groups is 1. The number of pyridine rings is 1. The molecule has 0 saturated heterocycles. The molecule has 0 bridgehead atoms. The van der Waals surface area contributed by atoms with Gasteiger partial charge in [0, 0.05) is 22.9 Å². The summed E-state index contributed by atoms with van der Waals surface area (Å²) in [6.07, 6.45) is 1.67. The zero-order valence-corrected chi connectivity index (χ0v) is 15.6. The molecule has 0 spiro atoms. The summed E-state index contributed by atoms with van der Waals surface area (Å²) in [5.74, 6) is -0.141. The summed E-state index contributed by atoms with van der Waals surface area (Å²) in [4.78, 5) is 18.4. The number of halogens is 1. The van der Waals surface area contributed by atoms with Crippen molar-refractivity contribution in [3.63, 3.8) is 0 Å². The van der Waals surface area contributed by atoms with Crippen molar-refractivity contribution in [2.24, 2.45) is 0 Å². The van der Waals surface area contributed by atoms with Crippen LogP contribution in [0.25, 0.3) is 0 Å². The van der Waals surface area contributed by atoms with Crippen molar-refractivity contribution in [1.82, 2.24) is 4.98 Å². The first kappa shape index (κ1) is 17.2. The van der Waals surface area contributed by atoms with Crippen LogP contribution in [0, 0.1) is 6.92 Å². The maximum atomic E-state index is 12.5. The van der Waals surface area contributed by atoms with Crippen molar-refractivity contribution < 1.29 is 4.79 Å². The minimum absolute atomic E-state index is 0.141. The Kier molecular flexibility index (Phi) is 5.14. The molecule has 126 valence electrons. The molecular weight excluding hydrogens is 378 g/mol. The normalized spacial score (nSPS) is 10.4. The first-order chi connectivity index (χ1) is 12.0. The Hall–Kier alpha value is -2.66. The van der Waals surface area contributed by atoms with Gasteiger partial charge in [0.25, 0.3) is 5.91 Å². The number of amides is 1. The van der Waals surface area contributed by atoms with E-state index < -0.39 is 0 Å². The second-order valence-corrected chi connectivity index (χ2v) is 6.63. The van der Waals surface area contributed by atoms with E-state index in [-0.39, 0.29) is 5.91 Å². The number of hydrogen-bond donors (Lipinski definition) is 1. The summed E-state index contributed by atoms with van der Waals surface area (Å²) in [6.45, 7) is 2.03. The number of rotatable bonds is 4. The molecule has 1 aromatic heterocycles. The van der Waals surface area contributed by atoms with Gasteiger partial charge in [-0.3, -0.25) is 4.79 Å². The molecule has 1 heterocycles. The summed E-state index contributed by atoms with van der Waals surface area (Å²) >= 11 is 3.46. The lowest BCUT2D eigenvalue weighted by Gasteiger charge is -2.17. The molecule has 1 N–H and O–H groups in total. The van der Waals surface area contributed by atoms with E-state index >= 15 is 0 Å². The molecule has 3 aromatic rings. The van der Waals surface area contributed by atoms with E-state index in [9.17, 15) is 4.79 Å². The van der Waals surface area contributed by atoms with Gasteiger partial charge in [0.1, 0.15) is 5.69 Å². The minimum Gasteiger partial charge on any atom is -0.354 e. The van der Waals surface area contributed by atoms with Gasteiger partial charge in [-0.25, -0.2) is 4.98 Å². The Labute approximate surface area is 155 Å². The molecule has 0 aliphatic carbocycles. The quantitative estimate of drug-likeness (QED) is 0.662. The fourth-order valence-corrected chi connectivity index (χ4v) is 2.93. The summed E-state index contributed by atoms with van der Waals surface area (Å²) in [6, 6.07) is 19.1. The third-order valence-corrected chi connectivity index (χ3v) is 4.39. The Balaban J connectivity index is 1.74. The first-order valence-corrected chi connectivity index (χ1v) is 8.66. The van der Waals surface area contributed by atoms with E-state index in [1.807, 2.05) is 61.5 Å². The molecule has 3 rings (SSSR count). The summed E-state index contributed by atoms with van der Waals surface area (Å²) in [5, 5.41) is 3.32. The Morgan fingerprint density at radius 1 is 1.08 bits per heavy atom. The van der Waals surface area contributed by atoms with E-state index in [1.54, 1.807) is 24.2 Å². The topological polar surface area (TPSA) is 45.2 Å². The average Bonchev–Trinajstić information content (AvgIpc) is 2.64. The van der Waals surface area contributed by atoms with Gasteiger partial charge in [-0.1, -0.05) is 34.1 Å². The largest absolute Gasteiger partial charge is 0.354 e. The standard InChI is InChI=1S/C20H18BrN3O/c1-14-12-15(21)8-10-18(14)23-16-9-11-19(22-13-16)20(25)24(2)17-6-4-3-5-7-17/h3-13,23H,1-2H3. The van der Waals surface area contributed by atoms with Crippen molar-refractivity contribution in [3.8, 4) is 0 Å². The predicted octanol–water partition coefficient (Wildman–Crippen LogP) is 5.17. The number of nitrogens with zero attached hydrogens (tertiary/aromatic N) is 2. The molecule has 0 atom stereocenters. The number of hydrogen-bond acceptors (Lipinski definition) is 3. The molecule has 5 heteroatoms. The van der Waals surface area contributed by atoms with E-state index in [2.05, 4.69) is 26.2 Å². The van der Waals surface area contributed by atoms with Crippen LogP contribution >= 0.6 is 15.9 Å². The maximum Gasteiger partial charge on any atom is 0.276 e. The van der Waals surface area contributed by atoms with Crippen LogP contribution in [0.1, 0.15) is 16.1 Å². The number of carbonyl (C=O) groups excluding carboxylic acids is 1. The number of benzene rings is 2. The number of para-hydroxylation sites is 1. The summed E-state index contributed by atoms with van der Waals surface area (Å²) < 4.78 is 1.04. The molecule has 1 amide bonds. The minimum atomic E-state index is -0.141. The molecule has 0 fully saturated rings. The van der Waals surface area contributed by atoms with Crippen LogP contribution in [-0.2, 0) is 0 Å². The SMILES string of the molecule is Cc1cc(Br)ccc1Nc1ccc(C(=O)N(C)c2ccccc2)nc1. The Bertz CT molecular complexity index is 879. The molecule has 0 radical (unpaired) electrons. The highest BCUT2D eigenvalue weighted by Crippen LogP contribution is 2.23. The predicted molar refractivity (Wildman–Crippen MR) is 106 cm³/mol. The summed E-state index contributed by atoms with van der Waals surface area (Å²) in [7, 11) is 1.75. The van der Waals surface area contributed by atoms with Gasteiger partial charge < -0.3 is 10.2 Å². The average molecular weight is 396 g/mol. The smallest absolute Gasteiger partial charge is 0.276 e. The van der Waals surface area contributed by atoms with E-state index in [0.29, 0.717) is 5.69 Å².